The van der Waals surface area contributed by atoms with Gasteiger partial charge >= 0.3 is 0 Å². The highest BCUT2D eigenvalue weighted by molar-refractivity contribution is 6.06. The number of carbonyl (C=O) groups excluding carboxylic acids is 2. The third-order valence-electron chi connectivity index (χ3n) is 3.75. The lowest BCUT2D eigenvalue weighted by Crippen LogP contribution is -2.47. The molecular weight excluding hydrogens is 311 g/mol. The van der Waals surface area contributed by atoms with Gasteiger partial charge in [0.25, 0.3) is 5.91 Å². The van der Waals surface area contributed by atoms with Gasteiger partial charge in [0.15, 0.2) is 6.10 Å². The van der Waals surface area contributed by atoms with Crippen LogP contribution in [0.4, 0.5) is 15.8 Å². The molecule has 24 heavy (non-hydrogen) atoms. The molecule has 2 amide bonds. The van der Waals surface area contributed by atoms with Gasteiger partial charge < -0.3 is 10.1 Å². The predicted molar refractivity (Wildman–Crippen MR) is 88.7 cm³/mol. The molecule has 6 heteroatoms. The molecule has 124 valence electrons. The highest BCUT2D eigenvalue weighted by Crippen LogP contribution is 2.34. The van der Waals surface area contributed by atoms with Gasteiger partial charge in [0, 0.05) is 5.69 Å². The lowest BCUT2D eigenvalue weighted by atomic mass is 10.1. The molecule has 0 saturated heterocycles. The van der Waals surface area contributed by atoms with E-state index >= 15 is 0 Å². The van der Waals surface area contributed by atoms with Gasteiger partial charge in [0.05, 0.1) is 5.69 Å². The van der Waals surface area contributed by atoms with Crippen LogP contribution in [0.5, 0.6) is 5.75 Å². The summed E-state index contributed by atoms with van der Waals surface area (Å²) in [6.07, 6.45) is -0.654. The summed E-state index contributed by atoms with van der Waals surface area (Å²) in [4.78, 5) is 26.1. The number of fused-ring (bicyclic) bond motifs is 1. The molecule has 2 aromatic carbocycles. The van der Waals surface area contributed by atoms with Crippen molar-refractivity contribution in [1.82, 2.24) is 0 Å². The molecule has 0 aromatic heterocycles. The molecular formula is C18H17FN2O3. The Hall–Kier alpha value is -2.89. The Morgan fingerprint density at radius 2 is 1.96 bits per heavy atom. The second-order valence-corrected chi connectivity index (χ2v) is 5.71. The quantitative estimate of drug-likeness (QED) is 0.942. The van der Waals surface area contributed by atoms with Crippen molar-refractivity contribution in [3.05, 3.63) is 53.8 Å². The first kappa shape index (κ1) is 16.0. The lowest BCUT2D eigenvalue weighted by Gasteiger charge is -2.32. The van der Waals surface area contributed by atoms with Crippen molar-refractivity contribution in [2.45, 2.75) is 20.0 Å². The van der Waals surface area contributed by atoms with Crippen LogP contribution in [0, 0.1) is 12.7 Å². The van der Waals surface area contributed by atoms with E-state index in [2.05, 4.69) is 5.32 Å². The van der Waals surface area contributed by atoms with Gasteiger partial charge in [0.2, 0.25) is 5.91 Å². The molecule has 0 unspecified atom stereocenters. The van der Waals surface area contributed by atoms with Crippen LogP contribution in [0.15, 0.2) is 42.5 Å². The van der Waals surface area contributed by atoms with Crippen LogP contribution in [-0.2, 0) is 9.59 Å². The summed E-state index contributed by atoms with van der Waals surface area (Å²) in [7, 11) is 0. The molecule has 1 atom stereocenters. The molecule has 0 spiro atoms. The van der Waals surface area contributed by atoms with Crippen LogP contribution >= 0.6 is 0 Å². The molecule has 3 rings (SSSR count). The largest absolute Gasteiger partial charge is 0.479 e. The number of anilines is 2. The number of nitrogens with zero attached hydrogens (tertiary/aromatic N) is 1. The Morgan fingerprint density at radius 3 is 2.67 bits per heavy atom. The fourth-order valence-electron chi connectivity index (χ4n) is 2.56. The number of benzene rings is 2. The number of rotatable bonds is 3. The van der Waals surface area contributed by atoms with Gasteiger partial charge in [-0.15, -0.1) is 0 Å². The predicted octanol–water partition coefficient (Wildman–Crippen LogP) is 2.89. The Bertz CT molecular complexity index is 789. The molecule has 0 radical (unpaired) electrons. The van der Waals surface area contributed by atoms with Crippen molar-refractivity contribution < 1.29 is 18.7 Å². The van der Waals surface area contributed by atoms with Crippen molar-refractivity contribution in [2.24, 2.45) is 0 Å². The van der Waals surface area contributed by atoms with E-state index < -0.39 is 6.10 Å². The van der Waals surface area contributed by atoms with E-state index in [1.54, 1.807) is 13.0 Å². The first-order valence-electron chi connectivity index (χ1n) is 7.58. The van der Waals surface area contributed by atoms with Gasteiger partial charge in [-0.05, 0) is 55.8 Å². The summed E-state index contributed by atoms with van der Waals surface area (Å²) >= 11 is 0. The molecule has 1 heterocycles. The number of halogens is 1. The number of amides is 2. The third kappa shape index (κ3) is 3.22. The fourth-order valence-corrected chi connectivity index (χ4v) is 2.56. The maximum absolute atomic E-state index is 12.9. The second kappa shape index (κ2) is 6.31. The monoisotopic (exact) mass is 328 g/mol. The summed E-state index contributed by atoms with van der Waals surface area (Å²) in [5, 5.41) is 2.66. The number of hydrogen-bond acceptors (Lipinski definition) is 3. The second-order valence-electron chi connectivity index (χ2n) is 5.71. The zero-order chi connectivity index (χ0) is 17.3. The lowest BCUT2D eigenvalue weighted by molar-refractivity contribution is -0.127. The van der Waals surface area contributed by atoms with E-state index in [0.717, 1.165) is 5.56 Å². The third-order valence-corrected chi connectivity index (χ3v) is 3.75. The van der Waals surface area contributed by atoms with Crippen molar-refractivity contribution >= 4 is 23.2 Å². The molecule has 1 aliphatic rings. The van der Waals surface area contributed by atoms with Crippen LogP contribution < -0.4 is 15.0 Å². The molecule has 5 nitrogen and oxygen atoms in total. The summed E-state index contributed by atoms with van der Waals surface area (Å²) in [5.41, 5.74) is 2.01. The first-order chi connectivity index (χ1) is 11.4. The SMILES string of the molecule is Cc1ccc2c(c1)N(CC(=O)Nc1ccc(F)cc1)C(=O)[C@@H](C)O2. The summed E-state index contributed by atoms with van der Waals surface area (Å²) in [6, 6.07) is 10.9. The van der Waals surface area contributed by atoms with E-state index in [0.29, 0.717) is 17.1 Å². The minimum atomic E-state index is -0.654. The topological polar surface area (TPSA) is 58.6 Å². The fraction of sp³-hybridized carbons (Fsp3) is 0.222. The smallest absolute Gasteiger partial charge is 0.268 e. The Morgan fingerprint density at radius 1 is 1.25 bits per heavy atom. The van der Waals surface area contributed by atoms with E-state index in [1.807, 2.05) is 19.1 Å². The minimum absolute atomic E-state index is 0.139. The van der Waals surface area contributed by atoms with Crippen LogP contribution in [-0.4, -0.2) is 24.5 Å². The molecule has 0 bridgehead atoms. The first-order valence-corrected chi connectivity index (χ1v) is 7.58. The van der Waals surface area contributed by atoms with Crippen molar-refractivity contribution in [2.75, 3.05) is 16.8 Å². The minimum Gasteiger partial charge on any atom is -0.479 e. The number of aryl methyl sites for hydroxylation is 1. The molecule has 1 N–H and O–H groups in total. The average molecular weight is 328 g/mol. The summed E-state index contributed by atoms with van der Waals surface area (Å²) in [5.74, 6) is -0.448. The number of carbonyl (C=O) groups is 2. The highest BCUT2D eigenvalue weighted by atomic mass is 19.1. The van der Waals surface area contributed by atoms with Crippen LogP contribution in [0.1, 0.15) is 12.5 Å². The van der Waals surface area contributed by atoms with Crippen LogP contribution in [0.25, 0.3) is 0 Å². The Kier molecular flexibility index (Phi) is 4.20. The molecule has 1 aliphatic heterocycles. The number of hydrogen-bond donors (Lipinski definition) is 1. The van der Waals surface area contributed by atoms with E-state index in [-0.39, 0.29) is 24.2 Å². The molecule has 0 fully saturated rings. The highest BCUT2D eigenvalue weighted by Gasteiger charge is 2.32. The molecule has 0 aliphatic carbocycles. The van der Waals surface area contributed by atoms with Gasteiger partial charge in [-0.2, -0.15) is 0 Å². The normalized spacial score (nSPS) is 16.4. The Balaban J connectivity index is 1.80. The van der Waals surface area contributed by atoms with Crippen molar-refractivity contribution in [3.63, 3.8) is 0 Å². The number of nitrogens with one attached hydrogen (secondary N) is 1. The zero-order valence-electron chi connectivity index (χ0n) is 13.4. The van der Waals surface area contributed by atoms with Gasteiger partial charge in [-0.3, -0.25) is 14.5 Å². The standard InChI is InChI=1S/C18H17FN2O3/c1-11-3-8-16-15(9-11)21(18(23)12(2)24-16)10-17(22)20-14-6-4-13(19)5-7-14/h3-9,12H,10H2,1-2H3,(H,20,22)/t12-/m1/s1. The summed E-state index contributed by atoms with van der Waals surface area (Å²) < 4.78 is 18.5. The van der Waals surface area contributed by atoms with Gasteiger partial charge in [-0.1, -0.05) is 6.07 Å². The van der Waals surface area contributed by atoms with Crippen LogP contribution in [0.3, 0.4) is 0 Å². The van der Waals surface area contributed by atoms with E-state index in [9.17, 15) is 14.0 Å². The molecule has 2 aromatic rings. The molecule has 0 saturated carbocycles. The van der Waals surface area contributed by atoms with Crippen molar-refractivity contribution in [3.8, 4) is 5.75 Å². The maximum atomic E-state index is 12.9. The average Bonchev–Trinajstić information content (AvgIpc) is 2.55. The van der Waals surface area contributed by atoms with Crippen LogP contribution in [0.2, 0.25) is 0 Å². The van der Waals surface area contributed by atoms with E-state index in [1.165, 1.54) is 29.2 Å². The van der Waals surface area contributed by atoms with Gasteiger partial charge in [0.1, 0.15) is 18.1 Å². The Labute approximate surface area is 139 Å². The van der Waals surface area contributed by atoms with Crippen molar-refractivity contribution in [1.29, 1.82) is 0 Å². The summed E-state index contributed by atoms with van der Waals surface area (Å²) in [6.45, 7) is 3.41. The maximum Gasteiger partial charge on any atom is 0.268 e. The van der Waals surface area contributed by atoms with E-state index in [4.69, 9.17) is 4.74 Å². The number of ether oxygens (including phenoxy) is 1. The van der Waals surface area contributed by atoms with Gasteiger partial charge in [-0.25, -0.2) is 4.39 Å². The zero-order valence-corrected chi connectivity index (χ0v) is 13.4.